The molecule has 3 heterocycles. The molecule has 0 bridgehead atoms. The maximum Gasteiger partial charge on any atom is 0.170 e. The van der Waals surface area contributed by atoms with Gasteiger partial charge in [0.15, 0.2) is 5.11 Å². The van der Waals surface area contributed by atoms with Crippen molar-refractivity contribution in [3.05, 3.63) is 113 Å². The van der Waals surface area contributed by atoms with Gasteiger partial charge in [-0.25, -0.2) is 0 Å². The summed E-state index contributed by atoms with van der Waals surface area (Å²) >= 11 is 9.45. The van der Waals surface area contributed by atoms with Gasteiger partial charge in [0.25, 0.3) is 0 Å². The summed E-state index contributed by atoms with van der Waals surface area (Å²) in [7, 11) is 1.68. The molecular weight excluding hydrogens is 496 g/mol. The fourth-order valence-electron chi connectivity index (χ4n) is 4.32. The van der Waals surface area contributed by atoms with E-state index < -0.39 is 0 Å². The fourth-order valence-corrected chi connectivity index (χ4v) is 5.01. The van der Waals surface area contributed by atoms with Gasteiger partial charge in [-0.3, -0.25) is 4.98 Å². The number of nitrogens with zero attached hydrogens (tertiary/aromatic N) is 3. The topological polar surface area (TPSA) is 42.3 Å². The molecule has 2 aromatic heterocycles. The lowest BCUT2D eigenvalue weighted by Crippen LogP contribution is -2.30. The molecule has 166 valence electrons. The number of hydrogen-bond donors (Lipinski definition) is 1. The number of halogens is 1. The van der Waals surface area contributed by atoms with E-state index in [0.29, 0.717) is 11.7 Å². The van der Waals surface area contributed by atoms with Gasteiger partial charge in [0.05, 0.1) is 24.9 Å². The van der Waals surface area contributed by atoms with Gasteiger partial charge in [-0.2, -0.15) is 0 Å². The Bertz CT molecular complexity index is 1260. The Labute approximate surface area is 207 Å². The van der Waals surface area contributed by atoms with Crippen LogP contribution in [-0.2, 0) is 6.54 Å². The van der Waals surface area contributed by atoms with Crippen LogP contribution in [0.1, 0.15) is 29.0 Å². The van der Waals surface area contributed by atoms with Gasteiger partial charge in [0.2, 0.25) is 0 Å². The number of methoxy groups -OCH3 is 1. The number of nitrogens with one attached hydrogen (secondary N) is 1. The lowest BCUT2D eigenvalue weighted by Gasteiger charge is -2.29. The molecule has 1 saturated heterocycles. The Morgan fingerprint density at radius 2 is 1.88 bits per heavy atom. The summed E-state index contributed by atoms with van der Waals surface area (Å²) in [6.07, 6.45) is 3.93. The Morgan fingerprint density at radius 1 is 1.03 bits per heavy atom. The van der Waals surface area contributed by atoms with Crippen LogP contribution in [0, 0.1) is 0 Å². The first-order valence-electron chi connectivity index (χ1n) is 10.7. The second-order valence-electron chi connectivity index (χ2n) is 7.89. The van der Waals surface area contributed by atoms with E-state index in [9.17, 15) is 0 Å². The third-order valence-electron chi connectivity index (χ3n) is 5.88. The molecule has 5 nitrogen and oxygen atoms in total. The molecule has 1 aliphatic heterocycles. The average molecular weight is 519 g/mol. The third kappa shape index (κ3) is 4.38. The number of aromatic nitrogens is 2. The lowest BCUT2D eigenvalue weighted by atomic mass is 10.0. The lowest BCUT2D eigenvalue weighted by molar-refractivity contribution is 0.302. The molecule has 2 aromatic carbocycles. The molecule has 2 atom stereocenters. The van der Waals surface area contributed by atoms with Gasteiger partial charge in [-0.15, -0.1) is 0 Å². The third-order valence-corrected chi connectivity index (χ3v) is 6.73. The van der Waals surface area contributed by atoms with E-state index in [2.05, 4.69) is 84.4 Å². The predicted molar refractivity (Wildman–Crippen MR) is 137 cm³/mol. The summed E-state index contributed by atoms with van der Waals surface area (Å²) in [5.74, 6) is 0.840. The minimum Gasteiger partial charge on any atom is -0.497 e. The molecule has 0 radical (unpaired) electrons. The molecule has 0 spiro atoms. The monoisotopic (exact) mass is 518 g/mol. The first-order chi connectivity index (χ1) is 16.1. The van der Waals surface area contributed by atoms with Gasteiger partial charge in [-0.05, 0) is 72.4 Å². The molecule has 1 aliphatic rings. The number of ether oxygens (including phenoxy) is 1. The quantitative estimate of drug-likeness (QED) is 0.326. The zero-order valence-electron chi connectivity index (χ0n) is 18.1. The average Bonchev–Trinajstić information content (AvgIpc) is 3.45. The predicted octanol–water partition coefficient (Wildman–Crippen LogP) is 5.82. The minimum absolute atomic E-state index is 0.0384. The second kappa shape index (κ2) is 9.37. The second-order valence-corrected chi connectivity index (χ2v) is 9.19. The highest BCUT2D eigenvalue weighted by Crippen LogP contribution is 2.40. The number of benzene rings is 2. The molecule has 0 saturated carbocycles. The molecule has 1 N–H and O–H groups in total. The van der Waals surface area contributed by atoms with Gasteiger partial charge in [0.1, 0.15) is 5.75 Å². The Balaban J connectivity index is 1.58. The van der Waals surface area contributed by atoms with Crippen molar-refractivity contribution in [2.75, 3.05) is 7.11 Å². The van der Waals surface area contributed by atoms with E-state index in [1.54, 1.807) is 7.11 Å². The number of rotatable bonds is 6. The van der Waals surface area contributed by atoms with Crippen LogP contribution in [-0.4, -0.2) is 26.7 Å². The number of pyridine rings is 1. The zero-order valence-corrected chi connectivity index (χ0v) is 20.5. The van der Waals surface area contributed by atoms with Gasteiger partial charge in [-0.1, -0.05) is 40.2 Å². The summed E-state index contributed by atoms with van der Waals surface area (Å²) in [6, 6.07) is 26.6. The SMILES string of the molecule is COc1ccc(CN2C(=S)N[C@@H](c3ccccn3)[C@H]2c2cccn2-c2cccc(Br)c2)cc1. The fraction of sp³-hybridized carbons (Fsp3) is 0.154. The van der Waals surface area contributed by atoms with E-state index in [1.807, 2.05) is 42.6 Å². The normalized spacial score (nSPS) is 17.8. The molecule has 0 amide bonds. The van der Waals surface area contributed by atoms with Crippen molar-refractivity contribution in [3.63, 3.8) is 0 Å². The van der Waals surface area contributed by atoms with Crippen LogP contribution in [0.15, 0.2) is 95.7 Å². The molecule has 7 heteroatoms. The smallest absolute Gasteiger partial charge is 0.170 e. The van der Waals surface area contributed by atoms with Crippen molar-refractivity contribution in [2.45, 2.75) is 18.6 Å². The summed E-state index contributed by atoms with van der Waals surface area (Å²) < 4.78 is 8.58. The molecule has 1 fully saturated rings. The van der Waals surface area contributed by atoms with Gasteiger partial charge >= 0.3 is 0 Å². The van der Waals surface area contributed by atoms with Gasteiger partial charge in [0, 0.05) is 34.8 Å². The van der Waals surface area contributed by atoms with Crippen LogP contribution in [0.25, 0.3) is 5.69 Å². The van der Waals surface area contributed by atoms with E-state index in [-0.39, 0.29) is 12.1 Å². The van der Waals surface area contributed by atoms with E-state index in [0.717, 1.165) is 32.9 Å². The van der Waals surface area contributed by atoms with Crippen LogP contribution in [0.3, 0.4) is 0 Å². The van der Waals surface area contributed by atoms with Crippen LogP contribution < -0.4 is 10.1 Å². The number of thiocarbonyl (C=S) groups is 1. The Hall–Kier alpha value is -3.16. The van der Waals surface area contributed by atoms with Crippen LogP contribution >= 0.6 is 28.1 Å². The molecule has 0 unspecified atom stereocenters. The maximum absolute atomic E-state index is 5.84. The number of hydrogen-bond acceptors (Lipinski definition) is 3. The highest BCUT2D eigenvalue weighted by atomic mass is 79.9. The maximum atomic E-state index is 5.84. The van der Waals surface area contributed by atoms with Crippen molar-refractivity contribution >= 4 is 33.3 Å². The summed E-state index contributed by atoms with van der Waals surface area (Å²) in [4.78, 5) is 6.90. The van der Waals surface area contributed by atoms with E-state index >= 15 is 0 Å². The summed E-state index contributed by atoms with van der Waals surface area (Å²) in [6.45, 7) is 0.674. The molecule has 5 rings (SSSR count). The first-order valence-corrected chi connectivity index (χ1v) is 11.9. The first kappa shape index (κ1) is 21.7. The van der Waals surface area contributed by atoms with Crippen LogP contribution in [0.4, 0.5) is 0 Å². The Morgan fingerprint density at radius 3 is 2.61 bits per heavy atom. The molecule has 33 heavy (non-hydrogen) atoms. The Kier molecular flexibility index (Phi) is 6.15. The largest absolute Gasteiger partial charge is 0.497 e. The van der Waals surface area contributed by atoms with E-state index in [4.69, 9.17) is 17.0 Å². The van der Waals surface area contributed by atoms with Crippen molar-refractivity contribution in [1.29, 1.82) is 0 Å². The van der Waals surface area contributed by atoms with Gasteiger partial charge < -0.3 is 19.5 Å². The molecular formula is C26H23BrN4OS. The van der Waals surface area contributed by atoms with Crippen LogP contribution in [0.5, 0.6) is 5.75 Å². The highest BCUT2D eigenvalue weighted by molar-refractivity contribution is 9.10. The summed E-state index contributed by atoms with van der Waals surface area (Å²) in [5, 5.41) is 4.26. The van der Waals surface area contributed by atoms with Crippen LogP contribution in [0.2, 0.25) is 0 Å². The molecule has 4 aromatic rings. The van der Waals surface area contributed by atoms with Crippen molar-refractivity contribution in [1.82, 2.24) is 19.8 Å². The minimum atomic E-state index is -0.0715. The van der Waals surface area contributed by atoms with Crippen molar-refractivity contribution < 1.29 is 4.74 Å². The van der Waals surface area contributed by atoms with E-state index in [1.165, 1.54) is 0 Å². The van der Waals surface area contributed by atoms with Crippen molar-refractivity contribution in [2.24, 2.45) is 0 Å². The highest BCUT2D eigenvalue weighted by Gasteiger charge is 2.41. The molecule has 0 aliphatic carbocycles. The summed E-state index contributed by atoms with van der Waals surface area (Å²) in [5.41, 5.74) is 4.35. The zero-order chi connectivity index (χ0) is 22.8. The van der Waals surface area contributed by atoms with Crippen molar-refractivity contribution in [3.8, 4) is 11.4 Å². The standard InChI is InChI=1S/C26H23BrN4OS/c1-32-21-12-10-18(11-13-21)17-31-25(24(29-26(31)33)22-8-2-3-14-28-22)23-9-5-15-30(23)20-7-4-6-19(27)16-20/h2-16,24-25H,17H2,1H3,(H,29,33)/t24-,25+/m0/s1.